The Morgan fingerprint density at radius 1 is 1.21 bits per heavy atom. The number of carbonyl (C=O) groups excluding carboxylic acids is 3. The second-order valence-electron chi connectivity index (χ2n) is 8.79. The monoisotopic (exact) mass is 458 g/mol. The molecule has 0 radical (unpaired) electrons. The lowest BCUT2D eigenvalue weighted by Crippen LogP contribution is -2.37. The number of carbonyl (C=O) groups is 3. The maximum atomic E-state index is 13.3. The number of ether oxygens (including phenoxy) is 2. The quantitative estimate of drug-likeness (QED) is 0.455. The molecule has 1 aromatic carbocycles. The fourth-order valence-electron chi connectivity index (χ4n) is 3.34. The first-order valence-electron chi connectivity index (χ1n) is 11.1. The molecule has 33 heavy (non-hydrogen) atoms. The third-order valence-corrected chi connectivity index (χ3v) is 4.75. The maximum Gasteiger partial charge on any atom is 0.407 e. The lowest BCUT2D eigenvalue weighted by molar-refractivity contribution is -0.127. The van der Waals surface area contributed by atoms with Gasteiger partial charge in [-0.05, 0) is 51.8 Å². The molecular formula is C24H34N4O5. The number of methoxy groups -OCH3 is 1. The van der Waals surface area contributed by atoms with Crippen LogP contribution in [0.1, 0.15) is 62.9 Å². The highest BCUT2D eigenvalue weighted by Gasteiger charge is 2.22. The van der Waals surface area contributed by atoms with Gasteiger partial charge in [-0.3, -0.25) is 4.79 Å². The zero-order valence-corrected chi connectivity index (χ0v) is 20.1. The van der Waals surface area contributed by atoms with Crippen LogP contribution in [0, 0.1) is 0 Å². The number of alkyl carbamates (subject to hydrolysis) is 1. The van der Waals surface area contributed by atoms with Crippen molar-refractivity contribution in [3.05, 3.63) is 34.9 Å². The van der Waals surface area contributed by atoms with Gasteiger partial charge in [-0.15, -0.1) is 0 Å². The molecule has 0 unspecified atom stereocenters. The predicted octanol–water partition coefficient (Wildman–Crippen LogP) is 3.40. The van der Waals surface area contributed by atoms with E-state index in [1.807, 2.05) is 6.92 Å². The summed E-state index contributed by atoms with van der Waals surface area (Å²) in [5.74, 6) is -0.305. The first kappa shape index (κ1) is 25.9. The van der Waals surface area contributed by atoms with Crippen molar-refractivity contribution in [1.29, 1.82) is 0 Å². The number of hydrogen-bond acceptors (Lipinski definition) is 7. The molecule has 1 aromatic rings. The lowest BCUT2D eigenvalue weighted by Gasteiger charge is -2.24. The molecule has 0 fully saturated rings. The molecule has 0 atom stereocenters. The van der Waals surface area contributed by atoms with Crippen molar-refractivity contribution < 1.29 is 23.9 Å². The van der Waals surface area contributed by atoms with Gasteiger partial charge in [0.25, 0.3) is 0 Å². The summed E-state index contributed by atoms with van der Waals surface area (Å²) in [4.78, 5) is 43.1. The van der Waals surface area contributed by atoms with E-state index in [-0.39, 0.29) is 12.3 Å². The molecule has 180 valence electrons. The largest absolute Gasteiger partial charge is 0.465 e. The highest BCUT2D eigenvalue weighted by Crippen LogP contribution is 2.28. The van der Waals surface area contributed by atoms with Crippen LogP contribution in [-0.4, -0.2) is 61.1 Å². The summed E-state index contributed by atoms with van der Waals surface area (Å²) in [5.41, 5.74) is 7.62. The summed E-state index contributed by atoms with van der Waals surface area (Å²) in [5, 5.41) is 2.71. The highest BCUT2D eigenvalue weighted by atomic mass is 16.6. The maximum absolute atomic E-state index is 13.3. The zero-order chi connectivity index (χ0) is 24.6. The number of rotatable bonds is 8. The van der Waals surface area contributed by atoms with Crippen molar-refractivity contribution in [2.24, 2.45) is 10.7 Å². The van der Waals surface area contributed by atoms with Gasteiger partial charge in [0.05, 0.1) is 18.4 Å². The van der Waals surface area contributed by atoms with Crippen LogP contribution in [0.25, 0.3) is 6.08 Å². The van der Waals surface area contributed by atoms with Gasteiger partial charge >= 0.3 is 12.1 Å². The average molecular weight is 459 g/mol. The number of amides is 2. The molecule has 2 rings (SSSR count). The second-order valence-corrected chi connectivity index (χ2v) is 8.79. The highest BCUT2D eigenvalue weighted by molar-refractivity contribution is 6.06. The Hall–Kier alpha value is -3.36. The number of esters is 1. The van der Waals surface area contributed by atoms with Gasteiger partial charge in [0.15, 0.2) is 0 Å². The van der Waals surface area contributed by atoms with Crippen LogP contribution >= 0.6 is 0 Å². The molecule has 0 bridgehead atoms. The van der Waals surface area contributed by atoms with Gasteiger partial charge in [0.2, 0.25) is 5.91 Å². The number of nitrogens with zero attached hydrogens (tertiary/aromatic N) is 2. The third kappa shape index (κ3) is 7.93. The molecule has 9 nitrogen and oxygen atoms in total. The Bertz CT molecular complexity index is 947. The molecule has 0 aromatic heterocycles. The predicted molar refractivity (Wildman–Crippen MR) is 127 cm³/mol. The van der Waals surface area contributed by atoms with Crippen molar-refractivity contribution in [3.63, 3.8) is 0 Å². The first-order valence-corrected chi connectivity index (χ1v) is 11.1. The van der Waals surface area contributed by atoms with Crippen LogP contribution in [0.3, 0.4) is 0 Å². The lowest BCUT2D eigenvalue weighted by atomic mass is 10.0. The number of nitrogens with two attached hydrogens (primary N) is 1. The number of fused-ring (bicyclic) bond motifs is 1. The van der Waals surface area contributed by atoms with Crippen LogP contribution in [0.5, 0.6) is 0 Å². The fourth-order valence-corrected chi connectivity index (χ4v) is 3.34. The van der Waals surface area contributed by atoms with Gasteiger partial charge in [-0.1, -0.05) is 13.0 Å². The average Bonchev–Trinajstić information content (AvgIpc) is 2.90. The SMILES string of the molecule is CCCN(CCCNC(=O)OC(C)(C)C)C(=O)C1=Cc2ccc(C(=O)OC)cc2N=C(N)C1. The summed E-state index contributed by atoms with van der Waals surface area (Å²) in [7, 11) is 1.31. The molecule has 1 aliphatic heterocycles. The Labute approximate surface area is 195 Å². The van der Waals surface area contributed by atoms with Crippen molar-refractivity contribution in [1.82, 2.24) is 10.2 Å². The van der Waals surface area contributed by atoms with Crippen LogP contribution in [0.2, 0.25) is 0 Å². The summed E-state index contributed by atoms with van der Waals surface area (Å²) >= 11 is 0. The summed E-state index contributed by atoms with van der Waals surface area (Å²) < 4.78 is 9.99. The van der Waals surface area contributed by atoms with Crippen LogP contribution in [0.15, 0.2) is 28.8 Å². The van der Waals surface area contributed by atoms with E-state index in [0.29, 0.717) is 54.3 Å². The van der Waals surface area contributed by atoms with Gasteiger partial charge in [-0.25, -0.2) is 14.6 Å². The molecule has 0 saturated carbocycles. The molecule has 0 aliphatic carbocycles. The van der Waals surface area contributed by atoms with Gasteiger partial charge < -0.3 is 25.4 Å². The molecule has 0 spiro atoms. The van der Waals surface area contributed by atoms with E-state index in [9.17, 15) is 14.4 Å². The van der Waals surface area contributed by atoms with E-state index < -0.39 is 17.7 Å². The van der Waals surface area contributed by atoms with E-state index in [1.54, 1.807) is 49.9 Å². The van der Waals surface area contributed by atoms with E-state index in [2.05, 4.69) is 10.3 Å². The van der Waals surface area contributed by atoms with E-state index >= 15 is 0 Å². The van der Waals surface area contributed by atoms with Gasteiger partial charge in [0.1, 0.15) is 11.4 Å². The van der Waals surface area contributed by atoms with Gasteiger partial charge in [0, 0.05) is 37.2 Å². The van der Waals surface area contributed by atoms with Crippen molar-refractivity contribution in [2.45, 2.75) is 52.6 Å². The minimum atomic E-state index is -0.560. The number of aliphatic imine (C=N–C) groups is 1. The summed E-state index contributed by atoms with van der Waals surface area (Å²) in [6.45, 7) is 8.86. The van der Waals surface area contributed by atoms with Gasteiger partial charge in [-0.2, -0.15) is 0 Å². The summed E-state index contributed by atoms with van der Waals surface area (Å²) in [6, 6.07) is 4.96. The Kier molecular flexibility index (Phi) is 9.02. The summed E-state index contributed by atoms with van der Waals surface area (Å²) in [6.07, 6.45) is 2.87. The number of amidine groups is 1. The second kappa shape index (κ2) is 11.5. The minimum absolute atomic E-state index is 0.128. The van der Waals surface area contributed by atoms with Crippen LogP contribution < -0.4 is 11.1 Å². The van der Waals surface area contributed by atoms with E-state index in [0.717, 1.165) is 6.42 Å². The smallest absolute Gasteiger partial charge is 0.407 e. The Morgan fingerprint density at radius 3 is 2.58 bits per heavy atom. The van der Waals surface area contributed by atoms with Crippen molar-refractivity contribution in [2.75, 3.05) is 26.7 Å². The molecule has 1 aliphatic rings. The third-order valence-electron chi connectivity index (χ3n) is 4.75. The first-order chi connectivity index (χ1) is 15.5. The molecular weight excluding hydrogens is 424 g/mol. The molecule has 0 saturated heterocycles. The molecule has 3 N–H and O–H groups in total. The Balaban J connectivity index is 2.10. The number of nitrogens with one attached hydrogen (secondary N) is 1. The fraction of sp³-hybridized carbons (Fsp3) is 0.500. The zero-order valence-electron chi connectivity index (χ0n) is 20.1. The molecule has 9 heteroatoms. The standard InChI is InChI=1S/C24H34N4O5/c1-6-11-28(12-7-10-26-23(31)33-24(2,3)4)21(29)18-13-16-8-9-17(22(30)32-5)14-19(16)27-20(25)15-18/h8-9,13-14H,6-7,10-12,15H2,1-5H3,(H2,25,27)(H,26,31). The Morgan fingerprint density at radius 2 is 1.94 bits per heavy atom. The number of benzene rings is 1. The van der Waals surface area contributed by atoms with Crippen molar-refractivity contribution >= 4 is 35.6 Å². The van der Waals surface area contributed by atoms with Crippen molar-refractivity contribution in [3.8, 4) is 0 Å². The van der Waals surface area contributed by atoms with Crippen LogP contribution in [-0.2, 0) is 14.3 Å². The number of hydrogen-bond donors (Lipinski definition) is 2. The van der Waals surface area contributed by atoms with E-state index in [4.69, 9.17) is 15.2 Å². The van der Waals surface area contributed by atoms with Crippen LogP contribution in [0.4, 0.5) is 10.5 Å². The molecule has 2 amide bonds. The minimum Gasteiger partial charge on any atom is -0.465 e. The molecule has 1 heterocycles. The normalized spacial score (nSPS) is 13.1. The van der Waals surface area contributed by atoms with E-state index in [1.165, 1.54) is 7.11 Å². The topological polar surface area (TPSA) is 123 Å².